The van der Waals surface area contributed by atoms with E-state index in [9.17, 15) is 4.79 Å². The molecule has 0 saturated heterocycles. The summed E-state index contributed by atoms with van der Waals surface area (Å²) < 4.78 is 1.79. The van der Waals surface area contributed by atoms with Crippen LogP contribution in [0.25, 0.3) is 11.1 Å². The standard InChI is InChI=1S/C26H23NO/c1-20-12-14-24(25(16-20)23-10-6-3-7-11-23)17-22-13-15-26(28)27(19-22)18-21-8-4-2-5-9-21/h2-16,19H,17-18H2,1H3. The molecule has 0 aliphatic rings. The first kappa shape index (κ1) is 18.0. The highest BCUT2D eigenvalue weighted by molar-refractivity contribution is 5.68. The van der Waals surface area contributed by atoms with Crippen LogP contribution in [-0.4, -0.2) is 4.57 Å². The van der Waals surface area contributed by atoms with Crippen LogP contribution in [0.1, 0.15) is 22.3 Å². The van der Waals surface area contributed by atoms with Gasteiger partial charge < -0.3 is 4.57 Å². The van der Waals surface area contributed by atoms with Crippen molar-refractivity contribution in [2.24, 2.45) is 0 Å². The van der Waals surface area contributed by atoms with Crippen molar-refractivity contribution in [2.45, 2.75) is 19.9 Å². The highest BCUT2D eigenvalue weighted by Crippen LogP contribution is 2.26. The largest absolute Gasteiger partial charge is 0.311 e. The molecule has 0 aliphatic carbocycles. The van der Waals surface area contributed by atoms with Crippen molar-refractivity contribution in [1.29, 1.82) is 0 Å². The summed E-state index contributed by atoms with van der Waals surface area (Å²) in [6, 6.07) is 30.8. The number of nitrogens with zero attached hydrogens (tertiary/aromatic N) is 1. The molecule has 4 rings (SSSR count). The zero-order valence-corrected chi connectivity index (χ0v) is 16.0. The van der Waals surface area contributed by atoms with Crippen molar-refractivity contribution in [3.8, 4) is 11.1 Å². The lowest BCUT2D eigenvalue weighted by molar-refractivity contribution is 0.751. The summed E-state index contributed by atoms with van der Waals surface area (Å²) in [5.41, 5.74) is 7.27. The maximum atomic E-state index is 12.3. The van der Waals surface area contributed by atoms with E-state index in [0.717, 1.165) is 17.5 Å². The molecule has 0 aliphatic heterocycles. The third kappa shape index (κ3) is 4.12. The first-order chi connectivity index (χ1) is 13.7. The number of hydrogen-bond donors (Lipinski definition) is 0. The molecule has 0 saturated carbocycles. The van der Waals surface area contributed by atoms with Crippen molar-refractivity contribution < 1.29 is 0 Å². The lowest BCUT2D eigenvalue weighted by Crippen LogP contribution is -2.19. The van der Waals surface area contributed by atoms with Gasteiger partial charge in [0.2, 0.25) is 0 Å². The van der Waals surface area contributed by atoms with Gasteiger partial charge >= 0.3 is 0 Å². The van der Waals surface area contributed by atoms with E-state index in [-0.39, 0.29) is 5.56 Å². The predicted molar refractivity (Wildman–Crippen MR) is 116 cm³/mol. The summed E-state index contributed by atoms with van der Waals surface area (Å²) >= 11 is 0. The Hall–Kier alpha value is -3.39. The fraction of sp³-hybridized carbons (Fsp3) is 0.115. The molecule has 0 fully saturated rings. The van der Waals surface area contributed by atoms with Crippen molar-refractivity contribution in [2.75, 3.05) is 0 Å². The van der Waals surface area contributed by atoms with E-state index in [1.54, 1.807) is 10.6 Å². The van der Waals surface area contributed by atoms with Crippen LogP contribution in [0.4, 0.5) is 0 Å². The van der Waals surface area contributed by atoms with Crippen LogP contribution in [-0.2, 0) is 13.0 Å². The maximum absolute atomic E-state index is 12.3. The monoisotopic (exact) mass is 365 g/mol. The predicted octanol–water partition coefficient (Wildman–Crippen LogP) is 5.46. The van der Waals surface area contributed by atoms with Crippen LogP contribution in [0.3, 0.4) is 0 Å². The molecule has 0 N–H and O–H groups in total. The van der Waals surface area contributed by atoms with E-state index >= 15 is 0 Å². The number of hydrogen-bond acceptors (Lipinski definition) is 1. The maximum Gasteiger partial charge on any atom is 0.250 e. The first-order valence-electron chi connectivity index (χ1n) is 9.57. The first-order valence-corrected chi connectivity index (χ1v) is 9.57. The Morgan fingerprint density at radius 1 is 0.750 bits per heavy atom. The van der Waals surface area contributed by atoms with Gasteiger partial charge in [0.1, 0.15) is 0 Å². The number of benzene rings is 3. The number of pyridine rings is 1. The summed E-state index contributed by atoms with van der Waals surface area (Å²) in [5.74, 6) is 0. The smallest absolute Gasteiger partial charge is 0.250 e. The van der Waals surface area contributed by atoms with E-state index in [0.29, 0.717) is 6.54 Å². The van der Waals surface area contributed by atoms with Crippen LogP contribution in [0, 0.1) is 6.92 Å². The Kier molecular flexibility index (Phi) is 5.20. The van der Waals surface area contributed by atoms with Crippen LogP contribution < -0.4 is 5.56 Å². The third-order valence-electron chi connectivity index (χ3n) is 4.99. The van der Waals surface area contributed by atoms with Crippen molar-refractivity contribution in [3.63, 3.8) is 0 Å². The lowest BCUT2D eigenvalue weighted by atomic mass is 9.94. The van der Waals surface area contributed by atoms with E-state index in [1.165, 1.54) is 22.3 Å². The SMILES string of the molecule is Cc1ccc(Cc2ccc(=O)n(Cc3ccccc3)c2)c(-c2ccccc2)c1. The second-order valence-electron chi connectivity index (χ2n) is 7.19. The van der Waals surface area contributed by atoms with Gasteiger partial charge in [-0.1, -0.05) is 90.5 Å². The minimum Gasteiger partial charge on any atom is -0.311 e. The quantitative estimate of drug-likeness (QED) is 0.460. The van der Waals surface area contributed by atoms with E-state index in [1.807, 2.05) is 48.7 Å². The van der Waals surface area contributed by atoms with Gasteiger partial charge in [0, 0.05) is 12.3 Å². The van der Waals surface area contributed by atoms with Gasteiger partial charge in [0.25, 0.3) is 5.56 Å². The summed E-state index contributed by atoms with van der Waals surface area (Å²) in [4.78, 5) is 12.3. The molecular formula is C26H23NO. The average molecular weight is 365 g/mol. The second-order valence-corrected chi connectivity index (χ2v) is 7.19. The number of aromatic nitrogens is 1. The molecule has 2 nitrogen and oxygen atoms in total. The fourth-order valence-electron chi connectivity index (χ4n) is 3.54. The number of rotatable bonds is 5. The summed E-state index contributed by atoms with van der Waals surface area (Å²) in [7, 11) is 0. The molecule has 2 heteroatoms. The van der Waals surface area contributed by atoms with Crippen molar-refractivity contribution in [1.82, 2.24) is 4.57 Å². The highest BCUT2D eigenvalue weighted by Gasteiger charge is 2.08. The third-order valence-corrected chi connectivity index (χ3v) is 4.99. The molecule has 0 amide bonds. The Labute approximate surface area is 165 Å². The minimum atomic E-state index is 0.0276. The number of aryl methyl sites for hydroxylation is 1. The van der Waals surface area contributed by atoms with Gasteiger partial charge in [0.05, 0.1) is 6.54 Å². The summed E-state index contributed by atoms with van der Waals surface area (Å²) in [5, 5.41) is 0. The van der Waals surface area contributed by atoms with Crippen LogP contribution in [0.15, 0.2) is 102 Å². The van der Waals surface area contributed by atoms with Gasteiger partial charge in [-0.3, -0.25) is 4.79 Å². The average Bonchev–Trinajstić information content (AvgIpc) is 2.73. The van der Waals surface area contributed by atoms with Gasteiger partial charge in [-0.25, -0.2) is 0 Å². The Morgan fingerprint density at radius 3 is 2.21 bits per heavy atom. The van der Waals surface area contributed by atoms with Crippen molar-refractivity contribution in [3.05, 3.63) is 130 Å². The molecule has 0 unspecified atom stereocenters. The van der Waals surface area contributed by atoms with Crippen LogP contribution in [0.2, 0.25) is 0 Å². The molecule has 0 spiro atoms. The van der Waals surface area contributed by atoms with E-state index in [2.05, 4.69) is 49.4 Å². The molecule has 0 radical (unpaired) electrons. The topological polar surface area (TPSA) is 22.0 Å². The van der Waals surface area contributed by atoms with E-state index in [4.69, 9.17) is 0 Å². The highest BCUT2D eigenvalue weighted by atomic mass is 16.1. The van der Waals surface area contributed by atoms with Gasteiger partial charge in [0.15, 0.2) is 0 Å². The lowest BCUT2D eigenvalue weighted by Gasteiger charge is -2.13. The van der Waals surface area contributed by atoms with Crippen LogP contribution in [0.5, 0.6) is 0 Å². The Balaban J connectivity index is 1.67. The molecule has 138 valence electrons. The van der Waals surface area contributed by atoms with Gasteiger partial charge in [-0.15, -0.1) is 0 Å². The van der Waals surface area contributed by atoms with Crippen molar-refractivity contribution >= 4 is 0 Å². The van der Waals surface area contributed by atoms with E-state index < -0.39 is 0 Å². The fourth-order valence-corrected chi connectivity index (χ4v) is 3.54. The zero-order chi connectivity index (χ0) is 19.3. The van der Waals surface area contributed by atoms with Gasteiger partial charge in [-0.05, 0) is 41.2 Å². The Morgan fingerprint density at radius 2 is 1.46 bits per heavy atom. The molecule has 1 heterocycles. The molecule has 4 aromatic rings. The molecule has 3 aromatic carbocycles. The molecule has 0 atom stereocenters. The normalized spacial score (nSPS) is 10.8. The Bertz CT molecular complexity index is 1130. The molecule has 0 bridgehead atoms. The molecule has 28 heavy (non-hydrogen) atoms. The van der Waals surface area contributed by atoms with Gasteiger partial charge in [-0.2, -0.15) is 0 Å². The van der Waals surface area contributed by atoms with Crippen LogP contribution >= 0.6 is 0 Å². The second kappa shape index (κ2) is 8.10. The summed E-state index contributed by atoms with van der Waals surface area (Å²) in [6.45, 7) is 2.71. The molecule has 1 aromatic heterocycles. The molecular weight excluding hydrogens is 342 g/mol. The zero-order valence-electron chi connectivity index (χ0n) is 16.0. The summed E-state index contributed by atoms with van der Waals surface area (Å²) in [6.07, 6.45) is 2.78. The minimum absolute atomic E-state index is 0.0276.